The van der Waals surface area contributed by atoms with Gasteiger partial charge < -0.3 is 4.42 Å². The van der Waals surface area contributed by atoms with Crippen LogP contribution in [0.25, 0.3) is 0 Å². The van der Waals surface area contributed by atoms with Crippen molar-refractivity contribution in [3.63, 3.8) is 0 Å². The molecule has 3 rings (SSSR count). The van der Waals surface area contributed by atoms with E-state index in [0.717, 1.165) is 5.56 Å². The molecule has 1 heterocycles. The quantitative estimate of drug-likeness (QED) is 0.644. The Hall–Kier alpha value is -2.67. The molecule has 7 heteroatoms. The molecule has 0 bridgehead atoms. The highest BCUT2D eigenvalue weighted by Gasteiger charge is 2.15. The number of thioether (sulfide) groups is 1. The van der Waals surface area contributed by atoms with Crippen LogP contribution in [-0.2, 0) is 6.42 Å². The molecule has 1 N–H and O–H groups in total. The third kappa shape index (κ3) is 4.70. The summed E-state index contributed by atoms with van der Waals surface area (Å²) in [4.78, 5) is 13.2. The average molecular weight is 371 g/mol. The lowest BCUT2D eigenvalue weighted by Crippen LogP contribution is -2.13. The van der Waals surface area contributed by atoms with Crippen molar-refractivity contribution < 1.29 is 13.6 Å². The zero-order valence-electron chi connectivity index (χ0n) is 14.4. The fourth-order valence-corrected chi connectivity index (χ4v) is 3.16. The van der Waals surface area contributed by atoms with Crippen molar-refractivity contribution in [2.24, 2.45) is 0 Å². The Bertz CT molecular complexity index is 894. The molecule has 0 saturated carbocycles. The molecule has 26 heavy (non-hydrogen) atoms. The van der Waals surface area contributed by atoms with E-state index in [1.165, 1.54) is 23.1 Å². The standard InChI is InChI=1S/C19H18FN3O2S/c1-12(2)26-14-9-7-13(8-10-14)11-17-22-23-19(25-17)21-18(24)15-5-3-4-6-16(15)20/h3-10,12H,11H2,1-2H3,(H,21,23,24). The Balaban J connectivity index is 1.63. The number of carbonyl (C=O) groups excluding carboxylic acids is 1. The number of amides is 1. The predicted octanol–water partition coefficient (Wildman–Crippen LogP) is 4.55. The van der Waals surface area contributed by atoms with Crippen LogP contribution >= 0.6 is 11.8 Å². The number of hydrogen-bond acceptors (Lipinski definition) is 5. The van der Waals surface area contributed by atoms with Crippen molar-refractivity contribution in [2.45, 2.75) is 30.4 Å². The summed E-state index contributed by atoms with van der Waals surface area (Å²) < 4.78 is 19.1. The lowest BCUT2D eigenvalue weighted by atomic mass is 10.1. The van der Waals surface area contributed by atoms with Crippen LogP contribution in [0.4, 0.5) is 10.4 Å². The molecule has 134 valence electrons. The van der Waals surface area contributed by atoms with E-state index in [0.29, 0.717) is 17.6 Å². The molecule has 0 aliphatic carbocycles. The normalized spacial score (nSPS) is 10.9. The monoisotopic (exact) mass is 371 g/mol. The van der Waals surface area contributed by atoms with Crippen molar-refractivity contribution in [3.8, 4) is 0 Å². The predicted molar refractivity (Wildman–Crippen MR) is 98.9 cm³/mol. The number of nitrogens with one attached hydrogen (secondary N) is 1. The molecule has 0 unspecified atom stereocenters. The Morgan fingerprint density at radius 1 is 1.15 bits per heavy atom. The third-order valence-electron chi connectivity index (χ3n) is 3.46. The second-order valence-electron chi connectivity index (χ2n) is 5.92. The summed E-state index contributed by atoms with van der Waals surface area (Å²) in [5, 5.41) is 10.6. The molecule has 0 atom stereocenters. The van der Waals surface area contributed by atoms with Gasteiger partial charge in [0.15, 0.2) is 0 Å². The molecule has 2 aromatic carbocycles. The lowest BCUT2D eigenvalue weighted by molar-refractivity contribution is 0.102. The third-order valence-corrected chi connectivity index (χ3v) is 4.47. The number of hydrogen-bond donors (Lipinski definition) is 1. The highest BCUT2D eigenvalue weighted by atomic mass is 32.2. The van der Waals surface area contributed by atoms with Gasteiger partial charge in [-0.1, -0.05) is 43.2 Å². The van der Waals surface area contributed by atoms with Crippen molar-refractivity contribution in [3.05, 3.63) is 71.4 Å². The first kappa shape index (κ1) is 18.1. The SMILES string of the molecule is CC(C)Sc1ccc(Cc2nnc(NC(=O)c3ccccc3F)o2)cc1. The lowest BCUT2D eigenvalue weighted by Gasteiger charge is -2.05. The zero-order chi connectivity index (χ0) is 18.5. The molecule has 0 spiro atoms. The first-order valence-electron chi connectivity index (χ1n) is 8.15. The molecule has 5 nitrogen and oxygen atoms in total. The molecule has 0 aliphatic heterocycles. The summed E-state index contributed by atoms with van der Waals surface area (Å²) in [5.74, 6) is -0.865. The van der Waals surface area contributed by atoms with Gasteiger partial charge >= 0.3 is 6.01 Å². The molecular formula is C19H18FN3O2S. The van der Waals surface area contributed by atoms with E-state index in [9.17, 15) is 9.18 Å². The fourth-order valence-electron chi connectivity index (χ4n) is 2.32. The van der Waals surface area contributed by atoms with E-state index in [1.807, 2.05) is 12.1 Å². The van der Waals surface area contributed by atoms with E-state index in [-0.39, 0.29) is 11.6 Å². The van der Waals surface area contributed by atoms with E-state index in [4.69, 9.17) is 4.42 Å². The van der Waals surface area contributed by atoms with Gasteiger partial charge in [-0.2, -0.15) is 0 Å². The van der Waals surface area contributed by atoms with Crippen LogP contribution < -0.4 is 5.32 Å². The Kier molecular flexibility index (Phi) is 5.68. The van der Waals surface area contributed by atoms with Gasteiger partial charge in [0.25, 0.3) is 5.91 Å². The summed E-state index contributed by atoms with van der Waals surface area (Å²) in [5.41, 5.74) is 0.944. The summed E-state index contributed by atoms with van der Waals surface area (Å²) in [6.45, 7) is 4.29. The zero-order valence-corrected chi connectivity index (χ0v) is 15.2. The first-order valence-corrected chi connectivity index (χ1v) is 9.03. The van der Waals surface area contributed by atoms with Gasteiger partial charge in [-0.25, -0.2) is 4.39 Å². The van der Waals surface area contributed by atoms with E-state index in [1.54, 1.807) is 17.8 Å². The minimum Gasteiger partial charge on any atom is -0.407 e. The van der Waals surface area contributed by atoms with Crippen LogP contribution in [0.5, 0.6) is 0 Å². The maximum Gasteiger partial charge on any atom is 0.322 e. The van der Waals surface area contributed by atoms with Gasteiger partial charge in [0.1, 0.15) is 5.82 Å². The fraction of sp³-hybridized carbons (Fsp3) is 0.211. The summed E-state index contributed by atoms with van der Waals surface area (Å²) in [6, 6.07) is 13.8. The number of benzene rings is 2. The topological polar surface area (TPSA) is 68.0 Å². The summed E-state index contributed by atoms with van der Waals surface area (Å²) >= 11 is 1.79. The second-order valence-corrected chi connectivity index (χ2v) is 7.57. The molecule has 3 aromatic rings. The van der Waals surface area contributed by atoms with Crippen LogP contribution in [0.3, 0.4) is 0 Å². The largest absolute Gasteiger partial charge is 0.407 e. The summed E-state index contributed by atoms with van der Waals surface area (Å²) in [7, 11) is 0. The van der Waals surface area contributed by atoms with Crippen molar-refractivity contribution in [1.82, 2.24) is 10.2 Å². The van der Waals surface area contributed by atoms with E-state index in [2.05, 4.69) is 41.5 Å². The minimum absolute atomic E-state index is 0.0553. The van der Waals surface area contributed by atoms with Gasteiger partial charge in [0, 0.05) is 10.1 Å². The molecule has 1 aromatic heterocycles. The average Bonchev–Trinajstić information content (AvgIpc) is 3.03. The van der Waals surface area contributed by atoms with Crippen molar-refractivity contribution in [1.29, 1.82) is 0 Å². The van der Waals surface area contributed by atoms with Gasteiger partial charge in [-0.05, 0) is 29.8 Å². The summed E-state index contributed by atoms with van der Waals surface area (Å²) in [6.07, 6.45) is 0.454. The molecule has 1 amide bonds. The van der Waals surface area contributed by atoms with E-state index >= 15 is 0 Å². The first-order chi connectivity index (χ1) is 12.5. The van der Waals surface area contributed by atoms with Gasteiger partial charge in [-0.15, -0.1) is 16.9 Å². The highest BCUT2D eigenvalue weighted by Crippen LogP contribution is 2.23. The van der Waals surface area contributed by atoms with Gasteiger partial charge in [0.05, 0.1) is 12.0 Å². The van der Waals surface area contributed by atoms with Crippen molar-refractivity contribution in [2.75, 3.05) is 5.32 Å². The molecular weight excluding hydrogens is 353 g/mol. The Morgan fingerprint density at radius 2 is 1.88 bits per heavy atom. The minimum atomic E-state index is -0.631. The maximum absolute atomic E-state index is 13.6. The molecule has 0 saturated heterocycles. The number of nitrogens with zero attached hydrogens (tertiary/aromatic N) is 2. The number of aromatic nitrogens is 2. The molecule has 0 aliphatic rings. The van der Waals surface area contributed by atoms with Gasteiger partial charge in [-0.3, -0.25) is 10.1 Å². The molecule has 0 radical (unpaired) electrons. The number of rotatable bonds is 6. The van der Waals surface area contributed by atoms with E-state index < -0.39 is 11.7 Å². The Morgan fingerprint density at radius 3 is 2.58 bits per heavy atom. The highest BCUT2D eigenvalue weighted by molar-refractivity contribution is 7.99. The Labute approximate surface area is 155 Å². The van der Waals surface area contributed by atoms with Crippen LogP contribution in [0.15, 0.2) is 57.8 Å². The maximum atomic E-state index is 13.6. The second kappa shape index (κ2) is 8.14. The van der Waals surface area contributed by atoms with Crippen LogP contribution in [-0.4, -0.2) is 21.4 Å². The molecule has 0 fully saturated rings. The number of anilines is 1. The van der Waals surface area contributed by atoms with Crippen molar-refractivity contribution >= 4 is 23.7 Å². The smallest absolute Gasteiger partial charge is 0.322 e. The number of carbonyl (C=O) groups is 1. The van der Waals surface area contributed by atoms with Crippen LogP contribution in [0.2, 0.25) is 0 Å². The van der Waals surface area contributed by atoms with Gasteiger partial charge in [0.2, 0.25) is 5.89 Å². The van der Waals surface area contributed by atoms with Crippen LogP contribution in [0.1, 0.15) is 35.7 Å². The number of halogens is 1. The van der Waals surface area contributed by atoms with Crippen LogP contribution in [0, 0.1) is 5.82 Å².